The zero-order chi connectivity index (χ0) is 19.6. The Morgan fingerprint density at radius 1 is 0.429 bits per heavy atom. The lowest BCUT2D eigenvalue weighted by Crippen LogP contribution is -2.34. The van der Waals surface area contributed by atoms with Gasteiger partial charge in [-0.25, -0.2) is 0 Å². The van der Waals surface area contributed by atoms with E-state index in [1.54, 1.807) is 0 Å². The second-order valence-electron chi connectivity index (χ2n) is 7.33. The first kappa shape index (κ1) is 18.2. The lowest BCUT2D eigenvalue weighted by Gasteiger charge is -2.38. The van der Waals surface area contributed by atoms with Crippen molar-refractivity contribution >= 4 is 22.7 Å². The molecule has 0 saturated carbocycles. The van der Waals surface area contributed by atoms with Crippen LogP contribution in [0.4, 0.5) is 22.7 Å². The Morgan fingerprint density at radius 2 is 0.821 bits per heavy atom. The summed E-state index contributed by atoms with van der Waals surface area (Å²) in [6, 6.07) is 37.0. The van der Waals surface area contributed by atoms with Gasteiger partial charge in [-0.3, -0.25) is 0 Å². The fraction of sp³-hybridized carbons (Fsp3) is 0.111. The van der Waals surface area contributed by atoms with E-state index in [9.17, 15) is 0 Å². The van der Waals surface area contributed by atoms with Gasteiger partial charge in [0.05, 0.1) is 0 Å². The van der Waals surface area contributed by atoms with E-state index < -0.39 is 0 Å². The summed E-state index contributed by atoms with van der Waals surface area (Å²) in [6.07, 6.45) is 0. The lowest BCUT2D eigenvalue weighted by atomic mass is 9.97. The molecule has 1 heteroatoms. The molecule has 0 aromatic heterocycles. The van der Waals surface area contributed by atoms with Crippen molar-refractivity contribution in [2.45, 2.75) is 20.8 Å². The van der Waals surface area contributed by atoms with Crippen molar-refractivity contribution in [1.82, 2.24) is 4.48 Å². The molecule has 4 aromatic carbocycles. The smallest absolute Gasteiger partial charge is 0.151 e. The second kappa shape index (κ2) is 7.46. The first-order chi connectivity index (χ1) is 13.7. The molecular weight excluding hydrogens is 338 g/mol. The average Bonchev–Trinajstić information content (AvgIpc) is 2.76. The first-order valence-corrected chi connectivity index (χ1v) is 9.79. The molecule has 0 amide bonds. The molecule has 0 unspecified atom stereocenters. The molecular formula is C27H26N+. The van der Waals surface area contributed by atoms with Crippen molar-refractivity contribution in [2.24, 2.45) is 0 Å². The van der Waals surface area contributed by atoms with Gasteiger partial charge in [-0.15, -0.1) is 0 Å². The molecule has 4 rings (SSSR count). The average molecular weight is 365 g/mol. The molecule has 0 fully saturated rings. The Balaban J connectivity index is 2.19. The van der Waals surface area contributed by atoms with Gasteiger partial charge < -0.3 is 0 Å². The molecule has 138 valence electrons. The summed E-state index contributed by atoms with van der Waals surface area (Å²) in [5.41, 5.74) is 8.98. The van der Waals surface area contributed by atoms with Crippen molar-refractivity contribution in [1.29, 1.82) is 0 Å². The van der Waals surface area contributed by atoms with Crippen LogP contribution in [0.25, 0.3) is 0 Å². The van der Waals surface area contributed by atoms with Crippen LogP contribution in [0.2, 0.25) is 0 Å². The molecule has 0 radical (unpaired) electrons. The van der Waals surface area contributed by atoms with Crippen molar-refractivity contribution in [2.75, 3.05) is 0 Å². The molecule has 0 saturated heterocycles. The van der Waals surface area contributed by atoms with E-state index in [1.807, 2.05) is 0 Å². The van der Waals surface area contributed by atoms with Gasteiger partial charge >= 0.3 is 0 Å². The number of nitrogens with zero attached hydrogens (tertiary/aromatic N) is 1. The third-order valence-electron chi connectivity index (χ3n) is 5.82. The SMILES string of the molecule is Cc1ccc([N+](c2ccccc2)(c2ccccc2)c2ccccc2)c(C)c1C. The van der Waals surface area contributed by atoms with Crippen LogP contribution in [0.15, 0.2) is 103 Å². The van der Waals surface area contributed by atoms with Gasteiger partial charge in [0.1, 0.15) is 17.1 Å². The molecule has 0 heterocycles. The van der Waals surface area contributed by atoms with E-state index in [2.05, 4.69) is 124 Å². The van der Waals surface area contributed by atoms with Crippen LogP contribution in [0.5, 0.6) is 0 Å². The van der Waals surface area contributed by atoms with Gasteiger partial charge in [-0.2, -0.15) is 4.48 Å². The monoisotopic (exact) mass is 364 g/mol. The zero-order valence-corrected chi connectivity index (χ0v) is 16.8. The summed E-state index contributed by atoms with van der Waals surface area (Å²) >= 11 is 0. The number of rotatable bonds is 4. The Hall–Kier alpha value is -3.16. The minimum atomic E-state index is 0.565. The van der Waals surface area contributed by atoms with E-state index >= 15 is 0 Å². The van der Waals surface area contributed by atoms with Gasteiger partial charge in [-0.05, 0) is 31.9 Å². The highest BCUT2D eigenvalue weighted by molar-refractivity contribution is 5.83. The number of quaternary nitrogens is 1. The van der Waals surface area contributed by atoms with Crippen molar-refractivity contribution in [3.05, 3.63) is 120 Å². The number of aryl methyl sites for hydroxylation is 1. The molecule has 1 nitrogen and oxygen atoms in total. The Bertz CT molecular complexity index is 971. The minimum absolute atomic E-state index is 0.565. The summed E-state index contributed by atoms with van der Waals surface area (Å²) in [4.78, 5) is 0. The maximum Gasteiger partial charge on any atom is 0.151 e. The summed E-state index contributed by atoms with van der Waals surface area (Å²) < 4.78 is 0.565. The quantitative estimate of drug-likeness (QED) is 0.323. The topological polar surface area (TPSA) is 0 Å². The van der Waals surface area contributed by atoms with Crippen LogP contribution in [0, 0.1) is 20.8 Å². The van der Waals surface area contributed by atoms with Gasteiger partial charge in [0.25, 0.3) is 0 Å². The Labute approximate surface area is 168 Å². The summed E-state index contributed by atoms with van der Waals surface area (Å²) in [7, 11) is 0. The van der Waals surface area contributed by atoms with Crippen LogP contribution < -0.4 is 4.48 Å². The van der Waals surface area contributed by atoms with Crippen LogP contribution in [-0.2, 0) is 0 Å². The second-order valence-corrected chi connectivity index (χ2v) is 7.33. The van der Waals surface area contributed by atoms with Gasteiger partial charge in [0.15, 0.2) is 5.69 Å². The molecule has 0 N–H and O–H groups in total. The largest absolute Gasteiger partial charge is 0.194 e. The van der Waals surface area contributed by atoms with Crippen LogP contribution in [-0.4, -0.2) is 0 Å². The number of benzene rings is 4. The van der Waals surface area contributed by atoms with E-state index in [0.717, 1.165) is 0 Å². The molecule has 0 atom stereocenters. The number of hydrogen-bond donors (Lipinski definition) is 0. The van der Waals surface area contributed by atoms with E-state index in [0.29, 0.717) is 4.48 Å². The molecule has 0 aliphatic heterocycles. The maximum absolute atomic E-state index is 2.30. The fourth-order valence-electron chi connectivity index (χ4n) is 4.12. The zero-order valence-electron chi connectivity index (χ0n) is 16.8. The Morgan fingerprint density at radius 3 is 1.21 bits per heavy atom. The Kier molecular flexibility index (Phi) is 4.85. The first-order valence-electron chi connectivity index (χ1n) is 9.79. The summed E-state index contributed by atoms with van der Waals surface area (Å²) in [5, 5.41) is 0. The highest BCUT2D eigenvalue weighted by atomic mass is 15.4. The molecule has 4 aromatic rings. The highest BCUT2D eigenvalue weighted by Gasteiger charge is 2.40. The van der Waals surface area contributed by atoms with Crippen LogP contribution >= 0.6 is 0 Å². The molecule has 28 heavy (non-hydrogen) atoms. The summed E-state index contributed by atoms with van der Waals surface area (Å²) in [5.74, 6) is 0. The molecule has 0 spiro atoms. The predicted octanol–water partition coefficient (Wildman–Crippen LogP) is 7.91. The highest BCUT2D eigenvalue weighted by Crippen LogP contribution is 2.52. The van der Waals surface area contributed by atoms with E-state index in [4.69, 9.17) is 0 Å². The normalized spacial score (nSPS) is 11.4. The molecule has 0 aliphatic carbocycles. The third kappa shape index (κ3) is 2.85. The van der Waals surface area contributed by atoms with Crippen molar-refractivity contribution in [3.8, 4) is 0 Å². The maximum atomic E-state index is 2.30. The van der Waals surface area contributed by atoms with Gasteiger partial charge in [0.2, 0.25) is 0 Å². The summed E-state index contributed by atoms with van der Waals surface area (Å²) in [6.45, 7) is 6.66. The van der Waals surface area contributed by atoms with Crippen LogP contribution in [0.1, 0.15) is 16.7 Å². The predicted molar refractivity (Wildman–Crippen MR) is 121 cm³/mol. The lowest BCUT2D eigenvalue weighted by molar-refractivity contribution is 0.698. The van der Waals surface area contributed by atoms with E-state index in [-0.39, 0.29) is 0 Å². The standard InChI is InChI=1S/C27H26N/c1-21-19-20-27(23(3)22(21)2)28(24-13-7-4-8-14-24,25-15-9-5-10-16-25)26-17-11-6-12-18-26/h4-20H,1-3H3/q+1. The van der Waals surface area contributed by atoms with Gasteiger partial charge in [-0.1, -0.05) is 60.7 Å². The van der Waals surface area contributed by atoms with Crippen molar-refractivity contribution in [3.63, 3.8) is 0 Å². The minimum Gasteiger partial charge on any atom is -0.194 e. The van der Waals surface area contributed by atoms with Gasteiger partial charge in [0, 0.05) is 48.0 Å². The number of hydrogen-bond acceptors (Lipinski definition) is 0. The number of para-hydroxylation sites is 3. The third-order valence-corrected chi connectivity index (χ3v) is 5.82. The van der Waals surface area contributed by atoms with E-state index in [1.165, 1.54) is 39.4 Å². The fourth-order valence-corrected chi connectivity index (χ4v) is 4.12. The molecule has 0 aliphatic rings. The van der Waals surface area contributed by atoms with Crippen molar-refractivity contribution < 1.29 is 0 Å². The van der Waals surface area contributed by atoms with Crippen LogP contribution in [0.3, 0.4) is 0 Å². The molecule has 0 bridgehead atoms.